The van der Waals surface area contributed by atoms with Gasteiger partial charge < -0.3 is 14.5 Å². The highest BCUT2D eigenvalue weighted by Crippen LogP contribution is 2.12. The summed E-state index contributed by atoms with van der Waals surface area (Å²) in [6.45, 7) is 2.21. The predicted octanol–water partition coefficient (Wildman–Crippen LogP) is 2.76. The molecule has 2 rings (SSSR count). The van der Waals surface area contributed by atoms with Crippen LogP contribution in [0.25, 0.3) is 6.08 Å². The molecule has 0 bridgehead atoms. The predicted molar refractivity (Wildman–Crippen MR) is 86.6 cm³/mol. The Morgan fingerprint density at radius 1 is 1.22 bits per heavy atom. The second-order valence-electron chi connectivity index (χ2n) is 5.07. The first-order valence-electron chi connectivity index (χ1n) is 7.35. The lowest BCUT2D eigenvalue weighted by Gasteiger charge is -2.12. The van der Waals surface area contributed by atoms with Crippen LogP contribution in [-0.4, -0.2) is 25.0 Å². The van der Waals surface area contributed by atoms with E-state index in [4.69, 9.17) is 9.15 Å². The van der Waals surface area contributed by atoms with E-state index >= 15 is 0 Å². The maximum absolute atomic E-state index is 11.7. The van der Waals surface area contributed by atoms with Gasteiger partial charge in [-0.25, -0.2) is 4.79 Å². The van der Waals surface area contributed by atoms with Crippen molar-refractivity contribution >= 4 is 18.0 Å². The number of furan rings is 1. The van der Waals surface area contributed by atoms with E-state index in [1.54, 1.807) is 12.1 Å². The molecule has 0 radical (unpaired) electrons. The van der Waals surface area contributed by atoms with E-state index in [1.807, 2.05) is 37.3 Å². The zero-order valence-corrected chi connectivity index (χ0v) is 12.9. The molecule has 5 heteroatoms. The van der Waals surface area contributed by atoms with Crippen molar-refractivity contribution in [2.24, 2.45) is 0 Å². The highest BCUT2D eigenvalue weighted by atomic mass is 16.5. The molecule has 1 aromatic heterocycles. The van der Waals surface area contributed by atoms with Crippen molar-refractivity contribution in [2.45, 2.75) is 12.8 Å². The summed E-state index contributed by atoms with van der Waals surface area (Å²) in [7, 11) is 0. The lowest BCUT2D eigenvalue weighted by molar-refractivity contribution is -0.143. The maximum Gasteiger partial charge on any atom is 0.331 e. The Labute approximate surface area is 134 Å². The van der Waals surface area contributed by atoms with E-state index in [0.717, 1.165) is 5.56 Å². The number of hydrogen-bond acceptors (Lipinski definition) is 4. The first-order chi connectivity index (χ1) is 11.1. The van der Waals surface area contributed by atoms with E-state index < -0.39 is 5.97 Å². The molecule has 0 saturated carbocycles. The van der Waals surface area contributed by atoms with Gasteiger partial charge in [0.05, 0.1) is 6.26 Å². The number of benzene rings is 1. The summed E-state index contributed by atoms with van der Waals surface area (Å²) in [5.41, 5.74) is 1.14. The third-order valence-electron chi connectivity index (χ3n) is 3.25. The third kappa shape index (κ3) is 5.82. The van der Waals surface area contributed by atoms with E-state index in [9.17, 15) is 9.59 Å². The fourth-order valence-corrected chi connectivity index (χ4v) is 1.94. The van der Waals surface area contributed by atoms with Gasteiger partial charge in [-0.3, -0.25) is 4.79 Å². The molecule has 2 aromatic rings. The largest absolute Gasteiger partial charge is 0.465 e. The molecule has 0 spiro atoms. The number of esters is 1. The molecule has 0 unspecified atom stereocenters. The molecule has 1 N–H and O–H groups in total. The maximum atomic E-state index is 11.7. The molecule has 5 nitrogen and oxygen atoms in total. The summed E-state index contributed by atoms with van der Waals surface area (Å²) in [6, 6.07) is 13.3. The molecule has 0 aliphatic carbocycles. The quantitative estimate of drug-likeness (QED) is 0.630. The van der Waals surface area contributed by atoms with Gasteiger partial charge >= 0.3 is 5.97 Å². The zero-order chi connectivity index (χ0) is 16.5. The number of rotatable bonds is 7. The molecule has 1 heterocycles. The van der Waals surface area contributed by atoms with Gasteiger partial charge in [0, 0.05) is 12.6 Å². The van der Waals surface area contributed by atoms with E-state index in [-0.39, 0.29) is 18.4 Å². The molecule has 1 atom stereocenters. The minimum Gasteiger partial charge on any atom is -0.465 e. The van der Waals surface area contributed by atoms with Crippen molar-refractivity contribution in [2.75, 3.05) is 13.2 Å². The van der Waals surface area contributed by atoms with Gasteiger partial charge in [0.15, 0.2) is 6.61 Å². The van der Waals surface area contributed by atoms with Gasteiger partial charge in [-0.15, -0.1) is 0 Å². The van der Waals surface area contributed by atoms with Gasteiger partial charge in [0.25, 0.3) is 5.91 Å². The second-order valence-corrected chi connectivity index (χ2v) is 5.07. The van der Waals surface area contributed by atoms with Crippen LogP contribution >= 0.6 is 0 Å². The second kappa shape index (κ2) is 8.58. The van der Waals surface area contributed by atoms with Crippen LogP contribution in [0.4, 0.5) is 0 Å². The minimum atomic E-state index is -0.590. The van der Waals surface area contributed by atoms with Crippen molar-refractivity contribution in [1.29, 1.82) is 0 Å². The Morgan fingerprint density at radius 2 is 2.00 bits per heavy atom. The lowest BCUT2D eigenvalue weighted by atomic mass is 10.0. The van der Waals surface area contributed by atoms with Crippen LogP contribution in [0.1, 0.15) is 24.2 Å². The highest BCUT2D eigenvalue weighted by molar-refractivity contribution is 5.88. The first-order valence-corrected chi connectivity index (χ1v) is 7.35. The summed E-state index contributed by atoms with van der Waals surface area (Å²) in [5.74, 6) is -0.182. The Balaban J connectivity index is 1.68. The Morgan fingerprint density at radius 3 is 2.70 bits per heavy atom. The van der Waals surface area contributed by atoms with Gasteiger partial charge in [0.2, 0.25) is 0 Å². The lowest BCUT2D eigenvalue weighted by Crippen LogP contribution is -2.31. The Hall–Kier alpha value is -2.82. The normalized spacial score (nSPS) is 12.0. The molecule has 23 heavy (non-hydrogen) atoms. The van der Waals surface area contributed by atoms with Crippen LogP contribution < -0.4 is 5.32 Å². The molecule has 0 aliphatic heterocycles. The van der Waals surface area contributed by atoms with Gasteiger partial charge in [0.1, 0.15) is 5.76 Å². The number of carbonyl (C=O) groups excluding carboxylic acids is 2. The molecule has 120 valence electrons. The summed E-state index contributed by atoms with van der Waals surface area (Å²) in [6.07, 6.45) is 4.21. The average Bonchev–Trinajstić information content (AvgIpc) is 3.10. The van der Waals surface area contributed by atoms with Gasteiger partial charge in [-0.1, -0.05) is 37.3 Å². The smallest absolute Gasteiger partial charge is 0.331 e. The van der Waals surface area contributed by atoms with E-state index in [2.05, 4.69) is 5.32 Å². The molecule has 1 aromatic carbocycles. The molecule has 0 fully saturated rings. The van der Waals surface area contributed by atoms with Gasteiger partial charge in [-0.05, 0) is 29.7 Å². The van der Waals surface area contributed by atoms with Crippen molar-refractivity contribution in [3.63, 3.8) is 0 Å². The molecule has 0 saturated heterocycles. The number of carbonyl (C=O) groups is 2. The number of nitrogens with one attached hydrogen (secondary N) is 1. The van der Waals surface area contributed by atoms with E-state index in [1.165, 1.54) is 18.4 Å². The third-order valence-corrected chi connectivity index (χ3v) is 3.25. The molecule has 1 amide bonds. The standard InChI is InChI=1S/C18H19NO4/c1-14(15-6-3-2-4-7-15)12-19-17(20)13-23-18(21)10-9-16-8-5-11-22-16/h2-11,14H,12-13H2,1H3,(H,19,20)/b10-9+/t14-/m0/s1. The number of ether oxygens (including phenoxy) is 1. The molecular weight excluding hydrogens is 294 g/mol. The molecule has 0 aliphatic rings. The fourth-order valence-electron chi connectivity index (χ4n) is 1.94. The van der Waals surface area contributed by atoms with E-state index in [0.29, 0.717) is 12.3 Å². The molecular formula is C18H19NO4. The van der Waals surface area contributed by atoms with Crippen LogP contribution in [0.2, 0.25) is 0 Å². The van der Waals surface area contributed by atoms with Crippen molar-refractivity contribution in [3.05, 3.63) is 66.1 Å². The summed E-state index contributed by atoms with van der Waals surface area (Å²) in [4.78, 5) is 23.2. The van der Waals surface area contributed by atoms with Crippen molar-refractivity contribution < 1.29 is 18.7 Å². The van der Waals surface area contributed by atoms with Crippen LogP contribution in [0.3, 0.4) is 0 Å². The summed E-state index contributed by atoms with van der Waals surface area (Å²) >= 11 is 0. The minimum absolute atomic E-state index is 0.190. The van der Waals surface area contributed by atoms with Crippen LogP contribution in [0.15, 0.2) is 59.2 Å². The van der Waals surface area contributed by atoms with Crippen molar-refractivity contribution in [3.8, 4) is 0 Å². The summed E-state index contributed by atoms with van der Waals surface area (Å²) < 4.78 is 9.90. The zero-order valence-electron chi connectivity index (χ0n) is 12.9. The topological polar surface area (TPSA) is 68.5 Å². The van der Waals surface area contributed by atoms with Crippen LogP contribution in [0.5, 0.6) is 0 Å². The average molecular weight is 313 g/mol. The Kier molecular flexibility index (Phi) is 6.17. The fraction of sp³-hybridized carbons (Fsp3) is 0.222. The number of hydrogen-bond donors (Lipinski definition) is 1. The first kappa shape index (κ1) is 16.5. The summed E-state index contributed by atoms with van der Waals surface area (Å²) in [5, 5.41) is 2.75. The highest BCUT2D eigenvalue weighted by Gasteiger charge is 2.09. The monoisotopic (exact) mass is 313 g/mol. The van der Waals surface area contributed by atoms with Crippen molar-refractivity contribution in [1.82, 2.24) is 5.32 Å². The number of amides is 1. The van der Waals surface area contributed by atoms with Crippen LogP contribution in [-0.2, 0) is 14.3 Å². The van der Waals surface area contributed by atoms with Gasteiger partial charge in [-0.2, -0.15) is 0 Å². The van der Waals surface area contributed by atoms with Crippen LogP contribution in [0, 0.1) is 0 Å². The SMILES string of the molecule is C[C@@H](CNC(=O)COC(=O)/C=C/c1ccco1)c1ccccc1. The Bertz CT molecular complexity index is 647.